The van der Waals surface area contributed by atoms with Gasteiger partial charge in [-0.2, -0.15) is 0 Å². The highest BCUT2D eigenvalue weighted by atomic mass is 16.5. The van der Waals surface area contributed by atoms with E-state index in [-0.39, 0.29) is 0 Å². The maximum atomic E-state index is 5.84. The number of hydrogen-bond donors (Lipinski definition) is 0. The van der Waals surface area contributed by atoms with E-state index in [4.69, 9.17) is 4.74 Å². The molecule has 0 bridgehead atoms. The van der Waals surface area contributed by atoms with E-state index in [1.54, 1.807) is 0 Å². The van der Waals surface area contributed by atoms with Crippen molar-refractivity contribution >= 4 is 0 Å². The maximum Gasteiger partial charge on any atom is 0.119 e. The standard InChI is InChI=1S/C24H25NO/c1-19(25-16-15-22-7-5-6-8-23(22)17-25)21-13-11-20(12-14-21)18-26-24-9-3-2-4-10-24/h2-14,19H,15-18H2,1H3. The Morgan fingerprint density at radius 1 is 0.846 bits per heavy atom. The molecule has 0 fully saturated rings. The fourth-order valence-electron chi connectivity index (χ4n) is 3.63. The SMILES string of the molecule is CC(c1ccc(COc2ccccc2)cc1)N1CCc2ccccc2C1. The van der Waals surface area contributed by atoms with Crippen LogP contribution in [0.4, 0.5) is 0 Å². The lowest BCUT2D eigenvalue weighted by molar-refractivity contribution is 0.192. The van der Waals surface area contributed by atoms with Crippen molar-refractivity contribution in [2.45, 2.75) is 32.5 Å². The molecule has 3 aromatic carbocycles. The predicted octanol–water partition coefficient (Wildman–Crippen LogP) is 5.38. The third-order valence-corrected chi connectivity index (χ3v) is 5.32. The highest BCUT2D eigenvalue weighted by Crippen LogP contribution is 2.27. The van der Waals surface area contributed by atoms with E-state index in [1.807, 2.05) is 30.3 Å². The highest BCUT2D eigenvalue weighted by molar-refractivity contribution is 5.31. The summed E-state index contributed by atoms with van der Waals surface area (Å²) in [6, 6.07) is 28.1. The van der Waals surface area contributed by atoms with Crippen LogP contribution in [-0.4, -0.2) is 11.4 Å². The van der Waals surface area contributed by atoms with Crippen molar-refractivity contribution < 1.29 is 4.74 Å². The maximum absolute atomic E-state index is 5.84. The number of nitrogens with zero attached hydrogens (tertiary/aromatic N) is 1. The number of rotatable bonds is 5. The molecule has 4 rings (SSSR count). The summed E-state index contributed by atoms with van der Waals surface area (Å²) >= 11 is 0. The molecule has 0 aromatic heterocycles. The molecule has 3 aromatic rings. The fourth-order valence-corrected chi connectivity index (χ4v) is 3.63. The lowest BCUT2D eigenvalue weighted by Gasteiger charge is -2.34. The molecule has 132 valence electrons. The zero-order chi connectivity index (χ0) is 17.8. The summed E-state index contributed by atoms with van der Waals surface area (Å²) in [5, 5.41) is 0. The molecule has 0 radical (unpaired) electrons. The Morgan fingerprint density at radius 2 is 1.54 bits per heavy atom. The average Bonchev–Trinajstić information content (AvgIpc) is 2.72. The summed E-state index contributed by atoms with van der Waals surface area (Å²) < 4.78 is 5.84. The summed E-state index contributed by atoms with van der Waals surface area (Å²) in [4.78, 5) is 2.57. The second-order valence-corrected chi connectivity index (χ2v) is 7.01. The smallest absolute Gasteiger partial charge is 0.119 e. The van der Waals surface area contributed by atoms with Crippen LogP contribution in [0.5, 0.6) is 5.75 Å². The number of para-hydroxylation sites is 1. The van der Waals surface area contributed by atoms with Gasteiger partial charge in [0.15, 0.2) is 0 Å². The Labute approximate surface area is 156 Å². The van der Waals surface area contributed by atoms with E-state index >= 15 is 0 Å². The zero-order valence-electron chi connectivity index (χ0n) is 15.3. The molecular weight excluding hydrogens is 318 g/mol. The zero-order valence-corrected chi connectivity index (χ0v) is 15.3. The van der Waals surface area contributed by atoms with Crippen molar-refractivity contribution in [2.75, 3.05) is 6.54 Å². The normalized spacial score (nSPS) is 15.3. The van der Waals surface area contributed by atoms with Crippen molar-refractivity contribution in [1.82, 2.24) is 4.90 Å². The van der Waals surface area contributed by atoms with Crippen LogP contribution in [0.3, 0.4) is 0 Å². The minimum Gasteiger partial charge on any atom is -0.489 e. The van der Waals surface area contributed by atoms with Gasteiger partial charge in [0.1, 0.15) is 12.4 Å². The molecular formula is C24H25NO. The minimum absolute atomic E-state index is 0.424. The van der Waals surface area contributed by atoms with Crippen molar-refractivity contribution in [3.63, 3.8) is 0 Å². The van der Waals surface area contributed by atoms with E-state index in [0.29, 0.717) is 12.6 Å². The van der Waals surface area contributed by atoms with Crippen LogP contribution in [0.1, 0.15) is 35.2 Å². The van der Waals surface area contributed by atoms with Crippen LogP contribution in [0.2, 0.25) is 0 Å². The highest BCUT2D eigenvalue weighted by Gasteiger charge is 2.21. The summed E-state index contributed by atoms with van der Waals surface area (Å²) in [5.74, 6) is 0.914. The van der Waals surface area contributed by atoms with E-state index in [1.165, 1.54) is 22.3 Å². The minimum atomic E-state index is 0.424. The largest absolute Gasteiger partial charge is 0.489 e. The van der Waals surface area contributed by atoms with Crippen LogP contribution in [0.25, 0.3) is 0 Å². The number of benzene rings is 3. The van der Waals surface area contributed by atoms with Crippen LogP contribution >= 0.6 is 0 Å². The fraction of sp³-hybridized carbons (Fsp3) is 0.250. The van der Waals surface area contributed by atoms with Gasteiger partial charge in [-0.15, -0.1) is 0 Å². The second kappa shape index (κ2) is 7.76. The molecule has 0 N–H and O–H groups in total. The van der Waals surface area contributed by atoms with Crippen LogP contribution in [0.15, 0.2) is 78.9 Å². The molecule has 1 aliphatic rings. The molecule has 1 heterocycles. The number of fused-ring (bicyclic) bond motifs is 1. The number of ether oxygens (including phenoxy) is 1. The summed E-state index contributed by atoms with van der Waals surface area (Å²) in [7, 11) is 0. The molecule has 0 saturated carbocycles. The van der Waals surface area contributed by atoms with Crippen LogP contribution in [0, 0.1) is 0 Å². The van der Waals surface area contributed by atoms with Gasteiger partial charge in [0.2, 0.25) is 0 Å². The van der Waals surface area contributed by atoms with Crippen LogP contribution in [-0.2, 0) is 19.6 Å². The van der Waals surface area contributed by atoms with Gasteiger partial charge in [-0.25, -0.2) is 0 Å². The monoisotopic (exact) mass is 343 g/mol. The van der Waals surface area contributed by atoms with Gasteiger partial charge in [-0.1, -0.05) is 66.7 Å². The first-order chi connectivity index (χ1) is 12.8. The molecule has 1 unspecified atom stereocenters. The Morgan fingerprint density at radius 3 is 2.31 bits per heavy atom. The average molecular weight is 343 g/mol. The summed E-state index contributed by atoms with van der Waals surface area (Å²) in [6.07, 6.45) is 1.14. The lowest BCUT2D eigenvalue weighted by atomic mass is 9.97. The molecule has 0 saturated heterocycles. The van der Waals surface area contributed by atoms with Crippen molar-refractivity contribution in [3.8, 4) is 5.75 Å². The first-order valence-electron chi connectivity index (χ1n) is 9.37. The van der Waals surface area contributed by atoms with Crippen molar-refractivity contribution in [3.05, 3.63) is 101 Å². The molecule has 1 aliphatic heterocycles. The van der Waals surface area contributed by atoms with Gasteiger partial charge >= 0.3 is 0 Å². The molecule has 0 aliphatic carbocycles. The van der Waals surface area contributed by atoms with Gasteiger partial charge in [0.05, 0.1) is 0 Å². The first kappa shape index (κ1) is 16.9. The molecule has 0 amide bonds. The van der Waals surface area contributed by atoms with Gasteiger partial charge in [-0.05, 0) is 47.7 Å². The van der Waals surface area contributed by atoms with Gasteiger partial charge in [-0.3, -0.25) is 4.90 Å². The third-order valence-electron chi connectivity index (χ3n) is 5.32. The summed E-state index contributed by atoms with van der Waals surface area (Å²) in [6.45, 7) is 5.08. The second-order valence-electron chi connectivity index (χ2n) is 7.01. The van der Waals surface area contributed by atoms with E-state index in [0.717, 1.165) is 25.3 Å². The van der Waals surface area contributed by atoms with Crippen molar-refractivity contribution in [2.24, 2.45) is 0 Å². The number of hydrogen-bond acceptors (Lipinski definition) is 2. The predicted molar refractivity (Wildman–Crippen MR) is 106 cm³/mol. The van der Waals surface area contributed by atoms with Gasteiger partial charge in [0.25, 0.3) is 0 Å². The Kier molecular flexibility index (Phi) is 5.03. The Balaban J connectivity index is 1.39. The Bertz CT molecular complexity index is 842. The molecule has 0 spiro atoms. The lowest BCUT2D eigenvalue weighted by Crippen LogP contribution is -2.32. The topological polar surface area (TPSA) is 12.5 Å². The Hall–Kier alpha value is -2.58. The van der Waals surface area contributed by atoms with E-state index in [9.17, 15) is 0 Å². The molecule has 2 nitrogen and oxygen atoms in total. The van der Waals surface area contributed by atoms with E-state index in [2.05, 4.69) is 60.4 Å². The van der Waals surface area contributed by atoms with Gasteiger partial charge < -0.3 is 4.74 Å². The quantitative estimate of drug-likeness (QED) is 0.616. The third kappa shape index (κ3) is 3.81. The summed E-state index contributed by atoms with van der Waals surface area (Å²) in [5.41, 5.74) is 5.55. The van der Waals surface area contributed by atoms with Crippen molar-refractivity contribution in [1.29, 1.82) is 0 Å². The molecule has 26 heavy (non-hydrogen) atoms. The first-order valence-corrected chi connectivity index (χ1v) is 9.37. The van der Waals surface area contributed by atoms with Crippen LogP contribution < -0.4 is 4.74 Å². The van der Waals surface area contributed by atoms with Gasteiger partial charge in [0, 0.05) is 19.1 Å². The van der Waals surface area contributed by atoms with E-state index < -0.39 is 0 Å². The molecule has 1 atom stereocenters. The molecule has 2 heteroatoms.